The highest BCUT2D eigenvalue weighted by Gasteiger charge is 2.21. The van der Waals surface area contributed by atoms with Crippen LogP contribution in [-0.2, 0) is 13.6 Å². The number of nitrogen functional groups attached to an aromatic ring is 1. The largest absolute Gasteiger partial charge is 0.369 e. The van der Waals surface area contributed by atoms with Crippen LogP contribution in [0.2, 0.25) is 0 Å². The van der Waals surface area contributed by atoms with Crippen molar-refractivity contribution in [2.45, 2.75) is 19.9 Å². The fourth-order valence-electron chi connectivity index (χ4n) is 2.52. The van der Waals surface area contributed by atoms with Crippen LogP contribution in [0.1, 0.15) is 12.1 Å². The van der Waals surface area contributed by atoms with Crippen LogP contribution in [-0.4, -0.2) is 30.8 Å². The van der Waals surface area contributed by atoms with Crippen LogP contribution in [0.15, 0.2) is 0 Å². The maximum Gasteiger partial charge on any atom is 0.202 e. The first-order valence-electron chi connectivity index (χ1n) is 5.90. The van der Waals surface area contributed by atoms with Gasteiger partial charge in [0.05, 0.1) is 5.69 Å². The molecule has 0 aliphatic carbocycles. The normalized spacial score (nSPS) is 20.5. The minimum Gasteiger partial charge on any atom is -0.369 e. The molecule has 17 heavy (non-hydrogen) atoms. The van der Waals surface area contributed by atoms with Gasteiger partial charge in [-0.15, -0.1) is 0 Å². The van der Waals surface area contributed by atoms with Gasteiger partial charge in [0, 0.05) is 13.6 Å². The Hall–Kier alpha value is -1.17. The van der Waals surface area contributed by atoms with E-state index < -0.39 is 0 Å². The third kappa shape index (κ3) is 1.71. The zero-order valence-corrected chi connectivity index (χ0v) is 11.0. The van der Waals surface area contributed by atoms with Crippen LogP contribution in [0, 0.1) is 12.8 Å². The van der Waals surface area contributed by atoms with E-state index in [1.54, 1.807) is 0 Å². The first-order valence-corrected chi connectivity index (χ1v) is 7.05. The standard InChI is InChI=1S/C11H17N5S/c1-7-9-10(15(2)14-7)16(11(12)13-9)5-8-3-4-17-6-8/h8H,3-6H2,1-2H3,(H2,12,13). The van der Waals surface area contributed by atoms with Gasteiger partial charge in [-0.1, -0.05) is 0 Å². The Morgan fingerprint density at radius 2 is 2.35 bits per heavy atom. The third-order valence-electron chi connectivity index (χ3n) is 3.38. The van der Waals surface area contributed by atoms with Gasteiger partial charge < -0.3 is 5.73 Å². The Balaban J connectivity index is 2.04. The highest BCUT2D eigenvalue weighted by atomic mass is 32.2. The maximum atomic E-state index is 6.02. The number of fused-ring (bicyclic) bond motifs is 1. The van der Waals surface area contributed by atoms with Gasteiger partial charge in [0.2, 0.25) is 5.95 Å². The molecular weight excluding hydrogens is 234 g/mol. The summed E-state index contributed by atoms with van der Waals surface area (Å²) in [4.78, 5) is 4.43. The SMILES string of the molecule is Cc1nn(C)c2c1nc(N)n2CC1CCSC1. The van der Waals surface area contributed by atoms with Crippen LogP contribution in [0.25, 0.3) is 11.2 Å². The van der Waals surface area contributed by atoms with Gasteiger partial charge in [0.1, 0.15) is 5.52 Å². The van der Waals surface area contributed by atoms with Gasteiger partial charge in [0.25, 0.3) is 0 Å². The number of rotatable bonds is 2. The molecule has 5 nitrogen and oxygen atoms in total. The maximum absolute atomic E-state index is 6.02. The summed E-state index contributed by atoms with van der Waals surface area (Å²) in [6, 6.07) is 0. The molecule has 0 saturated carbocycles. The second-order valence-electron chi connectivity index (χ2n) is 4.69. The fraction of sp³-hybridized carbons (Fsp3) is 0.636. The molecule has 0 bridgehead atoms. The smallest absolute Gasteiger partial charge is 0.202 e. The molecule has 92 valence electrons. The number of anilines is 1. The summed E-state index contributed by atoms with van der Waals surface area (Å²) in [5.74, 6) is 3.84. The van der Waals surface area contributed by atoms with Crippen LogP contribution in [0.5, 0.6) is 0 Å². The molecule has 1 saturated heterocycles. The molecule has 0 radical (unpaired) electrons. The number of hydrogen-bond donors (Lipinski definition) is 1. The van der Waals surface area contributed by atoms with E-state index in [0.717, 1.165) is 29.3 Å². The molecule has 6 heteroatoms. The van der Waals surface area contributed by atoms with E-state index in [4.69, 9.17) is 5.73 Å². The zero-order chi connectivity index (χ0) is 12.0. The summed E-state index contributed by atoms with van der Waals surface area (Å²) in [5.41, 5.74) is 8.96. The lowest BCUT2D eigenvalue weighted by molar-refractivity contribution is 0.498. The predicted molar refractivity (Wildman–Crippen MR) is 71.1 cm³/mol. The quantitative estimate of drug-likeness (QED) is 0.876. The monoisotopic (exact) mass is 251 g/mol. The number of nitrogens with zero attached hydrogens (tertiary/aromatic N) is 4. The van der Waals surface area contributed by atoms with Crippen LogP contribution >= 0.6 is 11.8 Å². The van der Waals surface area contributed by atoms with Crippen molar-refractivity contribution in [2.24, 2.45) is 13.0 Å². The summed E-state index contributed by atoms with van der Waals surface area (Å²) in [7, 11) is 1.95. The van der Waals surface area contributed by atoms with Gasteiger partial charge in [0.15, 0.2) is 5.65 Å². The van der Waals surface area contributed by atoms with Crippen molar-refractivity contribution >= 4 is 28.9 Å². The Morgan fingerprint density at radius 1 is 1.53 bits per heavy atom. The Kier molecular flexibility index (Phi) is 2.54. The predicted octanol–water partition coefficient (Wildman–Crippen LogP) is 1.41. The molecule has 1 aliphatic rings. The second kappa shape index (κ2) is 3.94. The van der Waals surface area contributed by atoms with Crippen LogP contribution in [0.4, 0.5) is 5.95 Å². The van der Waals surface area contributed by atoms with E-state index in [0.29, 0.717) is 5.95 Å². The highest BCUT2D eigenvalue weighted by Crippen LogP contribution is 2.28. The molecule has 0 spiro atoms. The number of nitrogens with two attached hydrogens (primary N) is 1. The molecule has 1 unspecified atom stereocenters. The Bertz CT molecular complexity index is 550. The van der Waals surface area contributed by atoms with Crippen molar-refractivity contribution in [3.05, 3.63) is 5.69 Å². The van der Waals surface area contributed by atoms with Gasteiger partial charge in [-0.3, -0.25) is 9.25 Å². The van der Waals surface area contributed by atoms with Gasteiger partial charge in [-0.2, -0.15) is 16.9 Å². The van der Waals surface area contributed by atoms with Gasteiger partial charge >= 0.3 is 0 Å². The first kappa shape index (κ1) is 11.0. The summed E-state index contributed by atoms with van der Waals surface area (Å²) < 4.78 is 4.00. The van der Waals surface area contributed by atoms with E-state index >= 15 is 0 Å². The number of thioether (sulfide) groups is 1. The number of imidazole rings is 1. The van der Waals surface area contributed by atoms with E-state index in [-0.39, 0.29) is 0 Å². The zero-order valence-electron chi connectivity index (χ0n) is 10.2. The van der Waals surface area contributed by atoms with Crippen molar-refractivity contribution in [3.8, 4) is 0 Å². The topological polar surface area (TPSA) is 61.7 Å². The van der Waals surface area contributed by atoms with Gasteiger partial charge in [-0.05, 0) is 30.8 Å². The minimum atomic E-state index is 0.619. The lowest BCUT2D eigenvalue weighted by Gasteiger charge is -2.11. The van der Waals surface area contributed by atoms with Crippen molar-refractivity contribution in [1.29, 1.82) is 0 Å². The molecule has 0 amide bonds. The Morgan fingerprint density at radius 3 is 3.06 bits per heavy atom. The molecular formula is C11H17N5S. The summed E-state index contributed by atoms with van der Waals surface area (Å²) in [6.45, 7) is 2.94. The molecule has 2 aromatic heterocycles. The molecule has 0 aromatic carbocycles. The van der Waals surface area contributed by atoms with Crippen molar-refractivity contribution in [3.63, 3.8) is 0 Å². The molecule has 1 atom stereocenters. The lowest BCUT2D eigenvalue weighted by Crippen LogP contribution is -2.14. The lowest BCUT2D eigenvalue weighted by atomic mass is 10.1. The number of hydrogen-bond acceptors (Lipinski definition) is 4. The van der Waals surface area contributed by atoms with Crippen LogP contribution in [0.3, 0.4) is 0 Å². The van der Waals surface area contributed by atoms with E-state index in [1.165, 1.54) is 17.9 Å². The minimum absolute atomic E-state index is 0.619. The fourth-order valence-corrected chi connectivity index (χ4v) is 3.79. The Labute approximate surface area is 104 Å². The molecule has 1 fully saturated rings. The molecule has 3 heterocycles. The first-order chi connectivity index (χ1) is 8.16. The van der Waals surface area contributed by atoms with Crippen molar-refractivity contribution in [2.75, 3.05) is 17.2 Å². The average Bonchev–Trinajstić information content (AvgIpc) is 2.93. The van der Waals surface area contributed by atoms with Crippen LogP contribution < -0.4 is 5.73 Å². The second-order valence-corrected chi connectivity index (χ2v) is 5.84. The van der Waals surface area contributed by atoms with E-state index in [2.05, 4.69) is 14.6 Å². The van der Waals surface area contributed by atoms with Gasteiger partial charge in [-0.25, -0.2) is 4.98 Å². The highest BCUT2D eigenvalue weighted by molar-refractivity contribution is 7.99. The van der Waals surface area contributed by atoms with E-state index in [1.807, 2.05) is 30.4 Å². The van der Waals surface area contributed by atoms with Crippen molar-refractivity contribution < 1.29 is 0 Å². The summed E-state index contributed by atoms with van der Waals surface area (Å²) in [5, 5.41) is 4.40. The number of aromatic nitrogens is 4. The van der Waals surface area contributed by atoms with E-state index in [9.17, 15) is 0 Å². The number of aryl methyl sites for hydroxylation is 2. The van der Waals surface area contributed by atoms with Crippen molar-refractivity contribution in [1.82, 2.24) is 19.3 Å². The summed E-state index contributed by atoms with van der Waals surface area (Å²) in [6.07, 6.45) is 1.28. The molecule has 2 aromatic rings. The molecule has 1 aliphatic heterocycles. The summed E-state index contributed by atoms with van der Waals surface area (Å²) >= 11 is 2.03. The molecule has 2 N–H and O–H groups in total. The third-order valence-corrected chi connectivity index (χ3v) is 4.62. The average molecular weight is 251 g/mol. The molecule has 3 rings (SSSR count).